The number of nitrogens with zero attached hydrogens (tertiary/aromatic N) is 3. The molecule has 1 aliphatic heterocycles. The van der Waals surface area contributed by atoms with Crippen LogP contribution in [-0.4, -0.2) is 28.8 Å². The number of fused-ring (bicyclic) bond motifs is 1. The van der Waals surface area contributed by atoms with Crippen molar-refractivity contribution >= 4 is 10.0 Å². The van der Waals surface area contributed by atoms with Crippen molar-refractivity contribution in [1.82, 2.24) is 19.1 Å². The lowest BCUT2D eigenvalue weighted by Crippen LogP contribution is -2.36. The number of benzene rings is 1. The summed E-state index contributed by atoms with van der Waals surface area (Å²) in [4.78, 5) is 12.3. The van der Waals surface area contributed by atoms with Gasteiger partial charge in [-0.25, -0.2) is 22.6 Å². The molecule has 0 fully saturated rings. The van der Waals surface area contributed by atoms with Crippen molar-refractivity contribution in [3.63, 3.8) is 0 Å². The third-order valence-electron chi connectivity index (χ3n) is 4.40. The molecule has 25 heavy (non-hydrogen) atoms. The SMILES string of the molecule is CCCn1nc2n(c1=O)CCC(NS(=O)(=O)Cc1ccccc1)CC2. The molecule has 1 unspecified atom stereocenters. The molecule has 1 aromatic heterocycles. The van der Waals surface area contributed by atoms with Gasteiger partial charge in [-0.05, 0) is 24.8 Å². The van der Waals surface area contributed by atoms with Crippen LogP contribution in [0.5, 0.6) is 0 Å². The van der Waals surface area contributed by atoms with Crippen LogP contribution in [0, 0.1) is 0 Å². The fraction of sp³-hybridized carbons (Fsp3) is 0.529. The van der Waals surface area contributed by atoms with Crippen molar-refractivity contribution in [3.05, 3.63) is 52.2 Å². The molecule has 1 aromatic carbocycles. The normalized spacial score (nSPS) is 17.9. The van der Waals surface area contributed by atoms with Crippen LogP contribution in [0.1, 0.15) is 37.6 Å². The first-order valence-corrected chi connectivity index (χ1v) is 10.3. The molecule has 0 saturated carbocycles. The Bertz CT molecular complexity index is 871. The van der Waals surface area contributed by atoms with Crippen LogP contribution in [0.2, 0.25) is 0 Å². The Balaban J connectivity index is 1.65. The Morgan fingerprint density at radius 3 is 2.72 bits per heavy atom. The first-order valence-electron chi connectivity index (χ1n) is 8.69. The molecule has 7 nitrogen and oxygen atoms in total. The Hall–Kier alpha value is -1.93. The smallest absolute Gasteiger partial charge is 0.279 e. The van der Waals surface area contributed by atoms with Gasteiger partial charge in [-0.3, -0.25) is 4.57 Å². The Labute approximate surface area is 147 Å². The summed E-state index contributed by atoms with van der Waals surface area (Å²) in [6.45, 7) is 3.12. The molecule has 0 spiro atoms. The zero-order valence-electron chi connectivity index (χ0n) is 14.4. The molecule has 2 aromatic rings. The van der Waals surface area contributed by atoms with Gasteiger partial charge in [0, 0.05) is 25.6 Å². The van der Waals surface area contributed by atoms with Crippen LogP contribution in [0.15, 0.2) is 35.1 Å². The molecule has 0 bridgehead atoms. The van der Waals surface area contributed by atoms with Crippen LogP contribution in [0.4, 0.5) is 0 Å². The van der Waals surface area contributed by atoms with Crippen molar-refractivity contribution in [2.24, 2.45) is 0 Å². The van der Waals surface area contributed by atoms with E-state index in [-0.39, 0.29) is 17.5 Å². The Morgan fingerprint density at radius 1 is 1.24 bits per heavy atom. The minimum atomic E-state index is -3.41. The average molecular weight is 364 g/mol. The van der Waals surface area contributed by atoms with Crippen molar-refractivity contribution in [1.29, 1.82) is 0 Å². The molecule has 8 heteroatoms. The molecule has 1 N–H and O–H groups in total. The van der Waals surface area contributed by atoms with E-state index >= 15 is 0 Å². The largest absolute Gasteiger partial charge is 0.345 e. The first kappa shape index (κ1) is 17.9. The highest BCUT2D eigenvalue weighted by Crippen LogP contribution is 2.14. The molecule has 1 atom stereocenters. The summed E-state index contributed by atoms with van der Waals surface area (Å²) < 4.78 is 30.8. The zero-order valence-corrected chi connectivity index (χ0v) is 15.2. The lowest BCUT2D eigenvalue weighted by atomic mass is 10.1. The molecule has 1 aliphatic rings. The third kappa shape index (κ3) is 4.38. The Morgan fingerprint density at radius 2 is 2.00 bits per heavy atom. The van der Waals surface area contributed by atoms with Crippen molar-refractivity contribution in [3.8, 4) is 0 Å². The molecule has 2 heterocycles. The van der Waals surface area contributed by atoms with Crippen molar-refractivity contribution in [2.45, 2.75) is 57.5 Å². The highest BCUT2D eigenvalue weighted by molar-refractivity contribution is 7.88. The van der Waals surface area contributed by atoms with Gasteiger partial charge in [-0.15, -0.1) is 0 Å². The number of sulfonamides is 1. The number of nitrogens with one attached hydrogen (secondary N) is 1. The zero-order chi connectivity index (χ0) is 17.9. The second-order valence-corrected chi connectivity index (χ2v) is 8.21. The maximum Gasteiger partial charge on any atom is 0.345 e. The monoisotopic (exact) mass is 364 g/mol. The number of rotatable bonds is 6. The van der Waals surface area contributed by atoms with E-state index < -0.39 is 10.0 Å². The summed E-state index contributed by atoms with van der Waals surface area (Å²) in [6.07, 6.45) is 2.71. The summed E-state index contributed by atoms with van der Waals surface area (Å²) >= 11 is 0. The summed E-state index contributed by atoms with van der Waals surface area (Å²) in [5.74, 6) is 0.723. The molecule has 136 valence electrons. The Kier molecular flexibility index (Phi) is 5.39. The molecular weight excluding hydrogens is 340 g/mol. The number of aryl methyl sites for hydroxylation is 2. The standard InChI is InChI=1S/C17H24N4O3S/c1-2-11-21-17(22)20-12-10-15(8-9-16(20)18-21)19-25(23,24)13-14-6-4-3-5-7-14/h3-7,15,19H,2,8-13H2,1H3. The van der Waals surface area contributed by atoms with Crippen LogP contribution in [-0.2, 0) is 35.3 Å². The lowest BCUT2D eigenvalue weighted by Gasteiger charge is -2.16. The minimum Gasteiger partial charge on any atom is -0.279 e. The topological polar surface area (TPSA) is 86.0 Å². The lowest BCUT2D eigenvalue weighted by molar-refractivity contribution is 0.483. The van der Waals surface area contributed by atoms with Gasteiger partial charge in [0.05, 0.1) is 5.75 Å². The third-order valence-corrected chi connectivity index (χ3v) is 5.80. The van der Waals surface area contributed by atoms with Gasteiger partial charge in [0.1, 0.15) is 5.82 Å². The highest BCUT2D eigenvalue weighted by atomic mass is 32.2. The van der Waals surface area contributed by atoms with E-state index in [1.807, 2.05) is 25.1 Å². The van der Waals surface area contributed by atoms with Gasteiger partial charge in [0.2, 0.25) is 10.0 Å². The van der Waals surface area contributed by atoms with Gasteiger partial charge in [0.15, 0.2) is 0 Å². The molecular formula is C17H24N4O3S. The maximum atomic E-state index is 12.4. The van der Waals surface area contributed by atoms with Crippen LogP contribution in [0.3, 0.4) is 0 Å². The van der Waals surface area contributed by atoms with Gasteiger partial charge < -0.3 is 0 Å². The van der Waals surface area contributed by atoms with E-state index in [4.69, 9.17) is 0 Å². The van der Waals surface area contributed by atoms with E-state index in [2.05, 4.69) is 9.82 Å². The second-order valence-electron chi connectivity index (χ2n) is 6.46. The summed E-state index contributed by atoms with van der Waals surface area (Å²) in [5, 5.41) is 4.39. The van der Waals surface area contributed by atoms with E-state index in [9.17, 15) is 13.2 Å². The van der Waals surface area contributed by atoms with Crippen molar-refractivity contribution in [2.75, 3.05) is 0 Å². The first-order chi connectivity index (χ1) is 12.0. The summed E-state index contributed by atoms with van der Waals surface area (Å²) in [5.41, 5.74) is 0.670. The predicted molar refractivity (Wildman–Crippen MR) is 95.7 cm³/mol. The minimum absolute atomic E-state index is 0.0296. The molecule has 0 saturated heterocycles. The number of hydrogen-bond donors (Lipinski definition) is 1. The van der Waals surface area contributed by atoms with E-state index in [1.165, 1.54) is 4.68 Å². The van der Waals surface area contributed by atoms with Crippen molar-refractivity contribution < 1.29 is 8.42 Å². The summed E-state index contributed by atoms with van der Waals surface area (Å²) in [7, 11) is -3.41. The predicted octanol–water partition coefficient (Wildman–Crippen LogP) is 1.28. The van der Waals surface area contributed by atoms with E-state index in [0.29, 0.717) is 32.4 Å². The van der Waals surface area contributed by atoms with Gasteiger partial charge in [-0.1, -0.05) is 37.3 Å². The average Bonchev–Trinajstić information content (AvgIpc) is 2.74. The second kappa shape index (κ2) is 7.53. The number of hydrogen-bond acceptors (Lipinski definition) is 4. The van der Waals surface area contributed by atoms with Crippen LogP contribution in [0.25, 0.3) is 0 Å². The van der Waals surface area contributed by atoms with Gasteiger partial charge >= 0.3 is 5.69 Å². The molecule has 0 amide bonds. The summed E-state index contributed by atoms with van der Waals surface area (Å²) in [6, 6.07) is 8.96. The van der Waals surface area contributed by atoms with Gasteiger partial charge in [0.25, 0.3) is 0 Å². The maximum absolute atomic E-state index is 12.4. The van der Waals surface area contributed by atoms with Crippen LogP contribution < -0.4 is 10.4 Å². The fourth-order valence-corrected chi connectivity index (χ4v) is 4.65. The number of aromatic nitrogens is 3. The molecule has 0 radical (unpaired) electrons. The van der Waals surface area contributed by atoms with E-state index in [0.717, 1.165) is 17.8 Å². The molecule has 3 rings (SSSR count). The quantitative estimate of drug-likeness (QED) is 0.837. The van der Waals surface area contributed by atoms with Gasteiger partial charge in [-0.2, -0.15) is 5.10 Å². The fourth-order valence-electron chi connectivity index (χ4n) is 3.19. The van der Waals surface area contributed by atoms with E-state index in [1.54, 1.807) is 16.7 Å². The molecule has 0 aliphatic carbocycles. The van der Waals surface area contributed by atoms with Crippen LogP contribution >= 0.6 is 0 Å². The highest BCUT2D eigenvalue weighted by Gasteiger charge is 2.24.